The van der Waals surface area contributed by atoms with E-state index in [4.69, 9.17) is 0 Å². The lowest BCUT2D eigenvalue weighted by Crippen LogP contribution is -2.29. The highest BCUT2D eigenvalue weighted by Gasteiger charge is 1.96. The van der Waals surface area contributed by atoms with Gasteiger partial charge in [0.15, 0.2) is 0 Å². The van der Waals surface area contributed by atoms with Crippen LogP contribution in [0.15, 0.2) is 17.1 Å². The first-order valence-electron chi connectivity index (χ1n) is 3.88. The van der Waals surface area contributed by atoms with Gasteiger partial charge in [0, 0.05) is 13.1 Å². The van der Waals surface area contributed by atoms with Crippen LogP contribution in [0.5, 0.6) is 0 Å². The van der Waals surface area contributed by atoms with Crippen LogP contribution in [0, 0.1) is 0 Å². The minimum absolute atomic E-state index is 0.838. The van der Waals surface area contributed by atoms with E-state index in [-0.39, 0.29) is 0 Å². The molecule has 0 saturated heterocycles. The minimum atomic E-state index is 0.838. The summed E-state index contributed by atoms with van der Waals surface area (Å²) in [6.45, 7) is 2.85. The first-order valence-corrected chi connectivity index (χ1v) is 3.88. The summed E-state index contributed by atoms with van der Waals surface area (Å²) in [7, 11) is 4.13. The lowest BCUT2D eigenvalue weighted by Gasteiger charge is -2.09. The molecule has 1 rings (SSSR count). The van der Waals surface area contributed by atoms with Crippen molar-refractivity contribution in [2.45, 2.75) is 0 Å². The van der Waals surface area contributed by atoms with Crippen molar-refractivity contribution in [3.8, 4) is 0 Å². The first-order chi connectivity index (χ1) is 5.29. The molecule has 0 aromatic carbocycles. The van der Waals surface area contributed by atoms with Crippen molar-refractivity contribution in [1.29, 1.82) is 0 Å². The molecule has 0 bridgehead atoms. The summed E-state index contributed by atoms with van der Waals surface area (Å²) in [6.07, 6.45) is 4.08. The fourth-order valence-corrected chi connectivity index (χ4v) is 0.890. The number of hydrogen-bond acceptors (Lipinski definition) is 3. The highest BCUT2D eigenvalue weighted by atomic mass is 15.1. The first kappa shape index (κ1) is 8.27. The Morgan fingerprint density at radius 2 is 2.45 bits per heavy atom. The van der Waals surface area contributed by atoms with E-state index in [1.165, 1.54) is 0 Å². The van der Waals surface area contributed by atoms with Gasteiger partial charge in [-0.3, -0.25) is 4.99 Å². The number of aliphatic imine (C=N–C) groups is 1. The molecule has 0 aromatic rings. The van der Waals surface area contributed by atoms with Gasteiger partial charge >= 0.3 is 0 Å². The van der Waals surface area contributed by atoms with E-state index in [9.17, 15) is 0 Å². The summed E-state index contributed by atoms with van der Waals surface area (Å²) >= 11 is 0. The summed E-state index contributed by atoms with van der Waals surface area (Å²) in [6, 6.07) is 0. The number of likely N-dealkylation sites (N-methyl/N-ethyl adjacent to an activating group) is 1. The summed E-state index contributed by atoms with van der Waals surface area (Å²) in [5.41, 5.74) is 0. The Morgan fingerprint density at radius 3 is 3.00 bits per heavy atom. The summed E-state index contributed by atoms with van der Waals surface area (Å²) in [5.74, 6) is 1.02. The molecule has 0 aromatic heterocycles. The zero-order valence-corrected chi connectivity index (χ0v) is 7.17. The van der Waals surface area contributed by atoms with Gasteiger partial charge in [0.05, 0.1) is 6.54 Å². The van der Waals surface area contributed by atoms with Crippen LogP contribution in [0.4, 0.5) is 0 Å². The third kappa shape index (κ3) is 3.18. The fourth-order valence-electron chi connectivity index (χ4n) is 0.890. The monoisotopic (exact) mass is 153 g/mol. The molecule has 3 heteroatoms. The number of nitrogens with zero attached hydrogens (tertiary/aromatic N) is 2. The largest absolute Gasteiger partial charge is 0.369 e. The van der Waals surface area contributed by atoms with E-state index in [0.717, 1.165) is 25.5 Å². The van der Waals surface area contributed by atoms with Crippen LogP contribution in [0.25, 0.3) is 0 Å². The van der Waals surface area contributed by atoms with Crippen molar-refractivity contribution in [2.24, 2.45) is 4.99 Å². The number of hydrogen-bond donors (Lipinski definition) is 1. The predicted molar refractivity (Wildman–Crippen MR) is 48.0 cm³/mol. The second-order valence-corrected chi connectivity index (χ2v) is 2.86. The molecule has 62 valence electrons. The quantitative estimate of drug-likeness (QED) is 0.623. The predicted octanol–water partition coefficient (Wildman–Crippen LogP) is 0.106. The van der Waals surface area contributed by atoms with Gasteiger partial charge in [-0.1, -0.05) is 6.08 Å². The third-order valence-corrected chi connectivity index (χ3v) is 1.51. The number of amidine groups is 1. The Bertz CT molecular complexity index is 170. The Hall–Kier alpha value is -0.830. The molecule has 3 nitrogen and oxygen atoms in total. The molecule has 0 spiro atoms. The maximum atomic E-state index is 4.21. The topological polar surface area (TPSA) is 27.6 Å². The molecule has 0 fully saturated rings. The number of nitrogens with one attached hydrogen (secondary N) is 1. The third-order valence-electron chi connectivity index (χ3n) is 1.51. The van der Waals surface area contributed by atoms with Crippen LogP contribution < -0.4 is 5.32 Å². The van der Waals surface area contributed by atoms with Crippen molar-refractivity contribution in [2.75, 3.05) is 33.7 Å². The van der Waals surface area contributed by atoms with Gasteiger partial charge < -0.3 is 10.2 Å². The highest BCUT2D eigenvalue weighted by Crippen LogP contribution is 1.89. The lowest BCUT2D eigenvalue weighted by atomic mass is 10.5. The van der Waals surface area contributed by atoms with Crippen molar-refractivity contribution >= 4 is 5.84 Å². The van der Waals surface area contributed by atoms with Crippen molar-refractivity contribution in [3.05, 3.63) is 12.2 Å². The molecule has 1 aliphatic rings. The Balaban J connectivity index is 2.08. The van der Waals surface area contributed by atoms with Gasteiger partial charge in [0.1, 0.15) is 5.84 Å². The van der Waals surface area contributed by atoms with Crippen molar-refractivity contribution in [3.63, 3.8) is 0 Å². The Morgan fingerprint density at radius 1 is 1.64 bits per heavy atom. The van der Waals surface area contributed by atoms with E-state index in [1.54, 1.807) is 0 Å². The standard InChI is InChI=1S/C8H15N3/c1-11(2)7-6-10-8-4-3-5-9-8/h3-4H,5-7H2,1-2H3,(H,9,10). The van der Waals surface area contributed by atoms with Gasteiger partial charge in [0.25, 0.3) is 0 Å². The van der Waals surface area contributed by atoms with E-state index in [0.29, 0.717) is 0 Å². The van der Waals surface area contributed by atoms with Crippen LogP contribution >= 0.6 is 0 Å². The van der Waals surface area contributed by atoms with E-state index >= 15 is 0 Å². The molecule has 0 radical (unpaired) electrons. The molecule has 1 N–H and O–H groups in total. The van der Waals surface area contributed by atoms with Crippen molar-refractivity contribution in [1.82, 2.24) is 10.2 Å². The molecule has 0 amide bonds. The van der Waals surface area contributed by atoms with Gasteiger partial charge in [0.2, 0.25) is 0 Å². The Kier molecular flexibility index (Phi) is 3.11. The zero-order chi connectivity index (χ0) is 8.10. The molecular formula is C8H15N3. The van der Waals surface area contributed by atoms with Gasteiger partial charge in [-0.2, -0.15) is 0 Å². The molecule has 0 aliphatic carbocycles. The molecule has 0 atom stereocenters. The van der Waals surface area contributed by atoms with E-state index in [1.807, 2.05) is 6.08 Å². The molecule has 0 saturated carbocycles. The second kappa shape index (κ2) is 4.13. The van der Waals surface area contributed by atoms with Crippen molar-refractivity contribution < 1.29 is 0 Å². The molecular weight excluding hydrogens is 138 g/mol. The zero-order valence-electron chi connectivity index (χ0n) is 7.17. The molecule has 1 heterocycles. The molecule has 0 unspecified atom stereocenters. The highest BCUT2D eigenvalue weighted by molar-refractivity contribution is 5.94. The normalized spacial score (nSPS) is 15.7. The number of rotatable bonds is 3. The van der Waals surface area contributed by atoms with Crippen LogP contribution in [0.2, 0.25) is 0 Å². The summed E-state index contributed by atoms with van der Waals surface area (Å²) < 4.78 is 0. The van der Waals surface area contributed by atoms with Crippen LogP contribution in [0.1, 0.15) is 0 Å². The summed E-state index contributed by atoms with van der Waals surface area (Å²) in [5, 5.41) is 3.23. The minimum Gasteiger partial charge on any atom is -0.369 e. The van der Waals surface area contributed by atoms with Gasteiger partial charge in [-0.05, 0) is 20.2 Å². The maximum absolute atomic E-state index is 4.21. The molecule has 1 aliphatic heterocycles. The SMILES string of the molecule is CN(C)CCNC1=NCC=C1. The molecule has 11 heavy (non-hydrogen) atoms. The lowest BCUT2D eigenvalue weighted by molar-refractivity contribution is 0.413. The van der Waals surface area contributed by atoms with E-state index < -0.39 is 0 Å². The summed E-state index contributed by atoms with van der Waals surface area (Å²) in [4.78, 5) is 6.35. The fraction of sp³-hybridized carbons (Fsp3) is 0.625. The van der Waals surface area contributed by atoms with Crippen LogP contribution in [-0.4, -0.2) is 44.5 Å². The smallest absolute Gasteiger partial charge is 0.120 e. The van der Waals surface area contributed by atoms with Gasteiger partial charge in [-0.15, -0.1) is 0 Å². The van der Waals surface area contributed by atoms with Crippen LogP contribution in [0.3, 0.4) is 0 Å². The average Bonchev–Trinajstić information content (AvgIpc) is 2.39. The Labute approximate surface area is 67.8 Å². The average molecular weight is 153 g/mol. The second-order valence-electron chi connectivity index (χ2n) is 2.86. The van der Waals surface area contributed by atoms with E-state index in [2.05, 4.69) is 35.4 Å². The van der Waals surface area contributed by atoms with Gasteiger partial charge in [-0.25, -0.2) is 0 Å². The maximum Gasteiger partial charge on any atom is 0.120 e. The van der Waals surface area contributed by atoms with Crippen LogP contribution in [-0.2, 0) is 0 Å².